The summed E-state index contributed by atoms with van der Waals surface area (Å²) in [6, 6.07) is 24.4. The molecule has 0 radical (unpaired) electrons. The molecule has 26 heavy (non-hydrogen) atoms. The summed E-state index contributed by atoms with van der Waals surface area (Å²) in [7, 11) is 0. The number of carbonyl (C=O) groups is 1. The first-order valence-electron chi connectivity index (χ1n) is 8.36. The van der Waals surface area contributed by atoms with Crippen LogP contribution in [0.15, 0.2) is 78.9 Å². The van der Waals surface area contributed by atoms with Crippen LogP contribution in [0, 0.1) is 6.92 Å². The standard InChI is InChI=1S/C22H20O4/c1-17-6-5-9-21(14-17)25-16-22(23)26-20-12-10-19(11-13-20)24-15-18-7-3-2-4-8-18/h2-14H,15-16H2,1H3. The molecule has 3 aromatic carbocycles. The molecule has 0 fully saturated rings. The van der Waals surface area contributed by atoms with Crippen molar-refractivity contribution >= 4 is 5.97 Å². The van der Waals surface area contributed by atoms with E-state index in [9.17, 15) is 4.79 Å². The molecule has 0 atom stereocenters. The summed E-state index contributed by atoms with van der Waals surface area (Å²) in [4.78, 5) is 11.9. The number of hydrogen-bond donors (Lipinski definition) is 0. The fourth-order valence-electron chi connectivity index (χ4n) is 2.35. The maximum atomic E-state index is 11.9. The predicted molar refractivity (Wildman–Crippen MR) is 99.5 cm³/mol. The summed E-state index contributed by atoms with van der Waals surface area (Å²) in [5, 5.41) is 0. The molecule has 3 aromatic rings. The Labute approximate surface area is 153 Å². The van der Waals surface area contributed by atoms with Gasteiger partial charge in [0.05, 0.1) is 0 Å². The zero-order valence-corrected chi connectivity index (χ0v) is 14.6. The molecular formula is C22H20O4. The lowest BCUT2D eigenvalue weighted by Gasteiger charge is -2.09. The zero-order valence-electron chi connectivity index (χ0n) is 14.6. The van der Waals surface area contributed by atoms with Crippen molar-refractivity contribution < 1.29 is 19.0 Å². The highest BCUT2D eigenvalue weighted by atomic mass is 16.6. The smallest absolute Gasteiger partial charge is 0.349 e. The quantitative estimate of drug-likeness (QED) is 0.464. The predicted octanol–water partition coefficient (Wildman–Crippen LogP) is 4.56. The highest BCUT2D eigenvalue weighted by Gasteiger charge is 2.07. The zero-order chi connectivity index (χ0) is 18.2. The van der Waals surface area contributed by atoms with Crippen LogP contribution in [-0.4, -0.2) is 12.6 Å². The number of ether oxygens (including phenoxy) is 3. The Morgan fingerprint density at radius 2 is 1.50 bits per heavy atom. The summed E-state index contributed by atoms with van der Waals surface area (Å²) in [6.45, 7) is 2.31. The van der Waals surface area contributed by atoms with Gasteiger partial charge in [0.2, 0.25) is 0 Å². The van der Waals surface area contributed by atoms with Gasteiger partial charge in [0.15, 0.2) is 6.61 Å². The number of hydrogen-bond acceptors (Lipinski definition) is 4. The lowest BCUT2D eigenvalue weighted by molar-refractivity contribution is -0.136. The van der Waals surface area contributed by atoms with Crippen LogP contribution >= 0.6 is 0 Å². The minimum Gasteiger partial charge on any atom is -0.489 e. The molecule has 0 aromatic heterocycles. The molecule has 0 aliphatic heterocycles. The van der Waals surface area contributed by atoms with Crippen molar-refractivity contribution in [1.82, 2.24) is 0 Å². The lowest BCUT2D eigenvalue weighted by Crippen LogP contribution is -2.17. The van der Waals surface area contributed by atoms with Crippen LogP contribution in [0.1, 0.15) is 11.1 Å². The molecule has 0 amide bonds. The van der Waals surface area contributed by atoms with E-state index in [0.29, 0.717) is 23.9 Å². The van der Waals surface area contributed by atoms with Gasteiger partial charge in [-0.1, -0.05) is 42.5 Å². The highest BCUT2D eigenvalue weighted by Crippen LogP contribution is 2.19. The van der Waals surface area contributed by atoms with E-state index < -0.39 is 5.97 Å². The van der Waals surface area contributed by atoms with E-state index in [1.54, 1.807) is 30.3 Å². The van der Waals surface area contributed by atoms with Gasteiger partial charge in [0, 0.05) is 0 Å². The molecule has 0 unspecified atom stereocenters. The minimum atomic E-state index is -0.454. The molecule has 0 aliphatic rings. The first-order chi connectivity index (χ1) is 12.7. The van der Waals surface area contributed by atoms with Crippen molar-refractivity contribution in [1.29, 1.82) is 0 Å². The SMILES string of the molecule is Cc1cccc(OCC(=O)Oc2ccc(OCc3ccccc3)cc2)c1. The van der Waals surface area contributed by atoms with Crippen LogP contribution in [0.25, 0.3) is 0 Å². The lowest BCUT2D eigenvalue weighted by atomic mass is 10.2. The molecule has 4 heteroatoms. The molecule has 0 saturated heterocycles. The number of rotatable bonds is 7. The molecule has 132 valence electrons. The summed E-state index contributed by atoms with van der Waals surface area (Å²) >= 11 is 0. The molecule has 0 bridgehead atoms. The normalized spacial score (nSPS) is 10.2. The Bertz CT molecular complexity index is 842. The van der Waals surface area contributed by atoms with Crippen molar-refractivity contribution in [3.8, 4) is 17.2 Å². The fraction of sp³-hybridized carbons (Fsp3) is 0.136. The maximum absolute atomic E-state index is 11.9. The first kappa shape index (κ1) is 17.5. The van der Waals surface area contributed by atoms with Crippen LogP contribution in [-0.2, 0) is 11.4 Å². The third-order valence-corrected chi connectivity index (χ3v) is 3.65. The number of carbonyl (C=O) groups excluding carboxylic acids is 1. The van der Waals surface area contributed by atoms with Gasteiger partial charge < -0.3 is 14.2 Å². The highest BCUT2D eigenvalue weighted by molar-refractivity contribution is 5.74. The Morgan fingerprint density at radius 3 is 2.23 bits per heavy atom. The third kappa shape index (κ3) is 5.38. The van der Waals surface area contributed by atoms with Gasteiger partial charge in [-0.3, -0.25) is 0 Å². The van der Waals surface area contributed by atoms with E-state index in [0.717, 1.165) is 11.1 Å². The third-order valence-electron chi connectivity index (χ3n) is 3.65. The Hall–Kier alpha value is -3.27. The molecule has 0 saturated carbocycles. The summed E-state index contributed by atoms with van der Waals surface area (Å²) < 4.78 is 16.4. The summed E-state index contributed by atoms with van der Waals surface area (Å²) in [5.74, 6) is 1.36. The van der Waals surface area contributed by atoms with Crippen LogP contribution in [0.3, 0.4) is 0 Å². The average molecular weight is 348 g/mol. The van der Waals surface area contributed by atoms with Crippen LogP contribution in [0.5, 0.6) is 17.2 Å². The van der Waals surface area contributed by atoms with Gasteiger partial charge in [-0.05, 0) is 54.4 Å². The topological polar surface area (TPSA) is 44.8 Å². The molecule has 0 N–H and O–H groups in total. The van der Waals surface area contributed by atoms with Gasteiger partial charge in [0.1, 0.15) is 23.9 Å². The molecule has 3 rings (SSSR count). The van der Waals surface area contributed by atoms with Crippen molar-refractivity contribution in [2.45, 2.75) is 13.5 Å². The summed E-state index contributed by atoms with van der Waals surface area (Å²) in [5.41, 5.74) is 2.17. The van der Waals surface area contributed by atoms with Gasteiger partial charge >= 0.3 is 5.97 Å². The maximum Gasteiger partial charge on any atom is 0.349 e. The van der Waals surface area contributed by atoms with Gasteiger partial charge in [-0.15, -0.1) is 0 Å². The van der Waals surface area contributed by atoms with E-state index in [4.69, 9.17) is 14.2 Å². The average Bonchev–Trinajstić information content (AvgIpc) is 2.67. The van der Waals surface area contributed by atoms with Crippen LogP contribution < -0.4 is 14.2 Å². The Balaban J connectivity index is 1.46. The minimum absolute atomic E-state index is 0.143. The number of benzene rings is 3. The first-order valence-corrected chi connectivity index (χ1v) is 8.36. The van der Waals surface area contributed by atoms with E-state index in [-0.39, 0.29) is 6.61 Å². The van der Waals surface area contributed by atoms with Gasteiger partial charge in [-0.25, -0.2) is 4.79 Å². The fourth-order valence-corrected chi connectivity index (χ4v) is 2.35. The molecule has 4 nitrogen and oxygen atoms in total. The Kier molecular flexibility index (Phi) is 5.88. The van der Waals surface area contributed by atoms with Crippen LogP contribution in [0.4, 0.5) is 0 Å². The van der Waals surface area contributed by atoms with E-state index in [2.05, 4.69) is 0 Å². The second-order valence-corrected chi connectivity index (χ2v) is 5.82. The second kappa shape index (κ2) is 8.72. The molecular weight excluding hydrogens is 328 g/mol. The van der Waals surface area contributed by atoms with Crippen molar-refractivity contribution in [3.63, 3.8) is 0 Å². The molecule has 0 spiro atoms. The Morgan fingerprint density at radius 1 is 0.769 bits per heavy atom. The number of esters is 1. The van der Waals surface area contributed by atoms with E-state index in [1.165, 1.54) is 0 Å². The molecule has 0 heterocycles. The largest absolute Gasteiger partial charge is 0.489 e. The second-order valence-electron chi connectivity index (χ2n) is 5.82. The van der Waals surface area contributed by atoms with Crippen LogP contribution in [0.2, 0.25) is 0 Å². The van der Waals surface area contributed by atoms with Crippen molar-refractivity contribution in [3.05, 3.63) is 90.0 Å². The summed E-state index contributed by atoms with van der Waals surface area (Å²) in [6.07, 6.45) is 0. The van der Waals surface area contributed by atoms with Crippen molar-refractivity contribution in [2.24, 2.45) is 0 Å². The van der Waals surface area contributed by atoms with Crippen molar-refractivity contribution in [2.75, 3.05) is 6.61 Å². The monoisotopic (exact) mass is 348 g/mol. The number of aryl methyl sites for hydroxylation is 1. The molecule has 0 aliphatic carbocycles. The van der Waals surface area contributed by atoms with E-state index in [1.807, 2.05) is 55.5 Å². The van der Waals surface area contributed by atoms with Gasteiger partial charge in [0.25, 0.3) is 0 Å². The van der Waals surface area contributed by atoms with E-state index >= 15 is 0 Å². The van der Waals surface area contributed by atoms with Gasteiger partial charge in [-0.2, -0.15) is 0 Å².